The first-order valence-electron chi connectivity index (χ1n) is 5.73. The largest absolute Gasteiger partial charge is 0.464 e. The fourth-order valence-electron chi connectivity index (χ4n) is 1.93. The normalized spacial score (nSPS) is 10.9. The highest BCUT2D eigenvalue weighted by Crippen LogP contribution is 2.28. The Morgan fingerprint density at radius 3 is 2.94 bits per heavy atom. The Labute approximate surface area is 109 Å². The van der Waals surface area contributed by atoms with Crippen molar-refractivity contribution < 1.29 is 4.42 Å². The van der Waals surface area contributed by atoms with E-state index in [9.17, 15) is 0 Å². The Morgan fingerprint density at radius 2 is 2.06 bits per heavy atom. The summed E-state index contributed by atoms with van der Waals surface area (Å²) < 4.78 is 5.52. The molecule has 0 aliphatic rings. The van der Waals surface area contributed by atoms with Crippen LogP contribution in [0.5, 0.6) is 0 Å². The van der Waals surface area contributed by atoms with Crippen LogP contribution in [-0.2, 0) is 6.42 Å². The van der Waals surface area contributed by atoms with Gasteiger partial charge in [-0.05, 0) is 12.1 Å². The number of furan rings is 1. The van der Waals surface area contributed by atoms with Crippen LogP contribution < -0.4 is 0 Å². The van der Waals surface area contributed by atoms with Crippen molar-refractivity contribution in [2.24, 2.45) is 0 Å². The second kappa shape index (κ2) is 4.78. The Hall–Kier alpha value is -1.87. The highest BCUT2D eigenvalue weighted by Gasteiger charge is 2.09. The maximum Gasteiger partial charge on any atom is 0.134 e. The van der Waals surface area contributed by atoms with Gasteiger partial charge in [-0.1, -0.05) is 18.2 Å². The average Bonchev–Trinajstić information content (AvgIpc) is 2.83. The van der Waals surface area contributed by atoms with E-state index in [1.54, 1.807) is 12.5 Å². The molecular weight excluding hydrogens is 248 g/mol. The van der Waals surface area contributed by atoms with Gasteiger partial charge in [-0.25, -0.2) is 9.97 Å². The van der Waals surface area contributed by atoms with Crippen molar-refractivity contribution in [2.45, 2.75) is 6.42 Å². The molecule has 3 nitrogen and oxygen atoms in total. The Kier molecular flexibility index (Phi) is 2.99. The van der Waals surface area contributed by atoms with Crippen LogP contribution in [-0.4, -0.2) is 15.8 Å². The smallest absolute Gasteiger partial charge is 0.134 e. The number of hydrogen-bond donors (Lipinski definition) is 0. The molecule has 0 radical (unpaired) electrons. The molecule has 0 aliphatic carbocycles. The first-order valence-corrected chi connectivity index (χ1v) is 6.26. The van der Waals surface area contributed by atoms with E-state index >= 15 is 0 Å². The molecule has 0 bridgehead atoms. The van der Waals surface area contributed by atoms with Crippen LogP contribution in [0, 0.1) is 0 Å². The molecule has 0 atom stereocenters. The minimum absolute atomic E-state index is 0.523. The SMILES string of the molecule is ClCCc1nccc(-c2coc3ccccc23)n1. The third kappa shape index (κ3) is 1.97. The van der Waals surface area contributed by atoms with Crippen LogP contribution in [0.4, 0.5) is 0 Å². The molecule has 4 heteroatoms. The van der Waals surface area contributed by atoms with E-state index in [4.69, 9.17) is 16.0 Å². The number of benzene rings is 1. The van der Waals surface area contributed by atoms with E-state index in [0.717, 1.165) is 28.1 Å². The van der Waals surface area contributed by atoms with E-state index in [2.05, 4.69) is 9.97 Å². The molecule has 0 amide bonds. The minimum atomic E-state index is 0.523. The van der Waals surface area contributed by atoms with Gasteiger partial charge >= 0.3 is 0 Å². The van der Waals surface area contributed by atoms with Crippen LogP contribution in [0.2, 0.25) is 0 Å². The first-order chi connectivity index (χ1) is 8.88. The van der Waals surface area contributed by atoms with Crippen LogP contribution in [0.1, 0.15) is 5.82 Å². The Balaban J connectivity index is 2.11. The van der Waals surface area contributed by atoms with Gasteiger partial charge in [0, 0.05) is 29.4 Å². The van der Waals surface area contributed by atoms with Gasteiger partial charge in [0.05, 0.1) is 5.69 Å². The molecule has 3 aromatic rings. The lowest BCUT2D eigenvalue weighted by molar-refractivity contribution is 0.616. The lowest BCUT2D eigenvalue weighted by atomic mass is 10.1. The molecule has 0 fully saturated rings. The molecule has 90 valence electrons. The minimum Gasteiger partial charge on any atom is -0.464 e. The second-order valence-electron chi connectivity index (χ2n) is 3.94. The molecule has 0 saturated heterocycles. The summed E-state index contributed by atoms with van der Waals surface area (Å²) in [5.41, 5.74) is 2.73. The van der Waals surface area contributed by atoms with Gasteiger partial charge < -0.3 is 4.42 Å². The summed E-state index contributed by atoms with van der Waals surface area (Å²) in [7, 11) is 0. The van der Waals surface area contributed by atoms with Crippen LogP contribution in [0.15, 0.2) is 47.2 Å². The van der Waals surface area contributed by atoms with Crippen molar-refractivity contribution in [3.63, 3.8) is 0 Å². The molecule has 0 aliphatic heterocycles. The number of aromatic nitrogens is 2. The summed E-state index contributed by atoms with van der Waals surface area (Å²) >= 11 is 5.71. The fraction of sp³-hybridized carbons (Fsp3) is 0.143. The lowest BCUT2D eigenvalue weighted by Gasteiger charge is -2.00. The summed E-state index contributed by atoms with van der Waals surface area (Å²) in [5.74, 6) is 1.28. The highest BCUT2D eigenvalue weighted by atomic mass is 35.5. The van der Waals surface area contributed by atoms with Crippen LogP contribution in [0.3, 0.4) is 0 Å². The fourth-order valence-corrected chi connectivity index (χ4v) is 2.10. The van der Waals surface area contributed by atoms with E-state index in [1.165, 1.54) is 0 Å². The topological polar surface area (TPSA) is 38.9 Å². The van der Waals surface area contributed by atoms with Crippen molar-refractivity contribution in [2.75, 3.05) is 5.88 Å². The maximum absolute atomic E-state index is 5.71. The molecular formula is C14H11ClN2O. The summed E-state index contributed by atoms with van der Waals surface area (Å²) in [5, 5.41) is 1.06. The molecule has 0 unspecified atom stereocenters. The van der Waals surface area contributed by atoms with Crippen molar-refractivity contribution >= 4 is 22.6 Å². The molecule has 0 N–H and O–H groups in total. The van der Waals surface area contributed by atoms with Gasteiger partial charge in [0.15, 0.2) is 0 Å². The number of halogens is 1. The van der Waals surface area contributed by atoms with Gasteiger partial charge in [-0.15, -0.1) is 11.6 Å². The zero-order valence-electron chi connectivity index (χ0n) is 9.64. The first kappa shape index (κ1) is 11.2. The molecule has 1 aromatic carbocycles. The second-order valence-corrected chi connectivity index (χ2v) is 4.32. The van der Waals surface area contributed by atoms with E-state index in [-0.39, 0.29) is 0 Å². The van der Waals surface area contributed by atoms with Gasteiger partial charge in [0.25, 0.3) is 0 Å². The molecule has 2 heterocycles. The monoisotopic (exact) mass is 258 g/mol. The molecule has 0 saturated carbocycles. The number of rotatable bonds is 3. The van der Waals surface area contributed by atoms with Gasteiger partial charge in [-0.2, -0.15) is 0 Å². The zero-order valence-corrected chi connectivity index (χ0v) is 10.4. The van der Waals surface area contributed by atoms with Crippen molar-refractivity contribution in [3.8, 4) is 11.3 Å². The van der Waals surface area contributed by atoms with Crippen LogP contribution in [0.25, 0.3) is 22.2 Å². The lowest BCUT2D eigenvalue weighted by Crippen LogP contribution is -1.96. The predicted molar refractivity (Wildman–Crippen MR) is 71.7 cm³/mol. The number of hydrogen-bond acceptors (Lipinski definition) is 3. The summed E-state index contributed by atoms with van der Waals surface area (Å²) in [6.07, 6.45) is 4.16. The van der Waals surface area contributed by atoms with Crippen molar-refractivity contribution in [3.05, 3.63) is 48.6 Å². The van der Waals surface area contributed by atoms with Crippen LogP contribution >= 0.6 is 11.6 Å². The number of para-hydroxylation sites is 1. The molecule has 2 aromatic heterocycles. The standard InChI is InChI=1S/C14H11ClN2O/c15-7-5-14-16-8-6-12(17-14)11-9-18-13-4-2-1-3-10(11)13/h1-4,6,8-9H,5,7H2. The van der Waals surface area contributed by atoms with E-state index < -0.39 is 0 Å². The summed E-state index contributed by atoms with van der Waals surface area (Å²) in [4.78, 5) is 8.69. The Bertz CT molecular complexity index is 678. The molecule has 3 rings (SSSR count). The maximum atomic E-state index is 5.71. The zero-order chi connectivity index (χ0) is 12.4. The quantitative estimate of drug-likeness (QED) is 0.673. The van der Waals surface area contributed by atoms with Gasteiger partial charge in [0.2, 0.25) is 0 Å². The predicted octanol–water partition coefficient (Wildman–Crippen LogP) is 3.67. The highest BCUT2D eigenvalue weighted by molar-refractivity contribution is 6.17. The van der Waals surface area contributed by atoms with Crippen molar-refractivity contribution in [1.82, 2.24) is 9.97 Å². The third-order valence-electron chi connectivity index (χ3n) is 2.78. The number of aryl methyl sites for hydroxylation is 1. The number of nitrogens with zero attached hydrogens (tertiary/aromatic N) is 2. The van der Waals surface area contributed by atoms with Gasteiger partial charge in [0.1, 0.15) is 17.7 Å². The molecule has 0 spiro atoms. The Morgan fingerprint density at radius 1 is 1.17 bits per heavy atom. The third-order valence-corrected chi connectivity index (χ3v) is 2.97. The average molecular weight is 259 g/mol. The molecule has 18 heavy (non-hydrogen) atoms. The number of fused-ring (bicyclic) bond motifs is 1. The summed E-state index contributed by atoms with van der Waals surface area (Å²) in [6.45, 7) is 0. The van der Waals surface area contributed by atoms with E-state index in [1.807, 2.05) is 30.3 Å². The number of alkyl halides is 1. The van der Waals surface area contributed by atoms with E-state index in [0.29, 0.717) is 12.3 Å². The summed E-state index contributed by atoms with van der Waals surface area (Å²) in [6, 6.07) is 9.79. The van der Waals surface area contributed by atoms with Crippen molar-refractivity contribution in [1.29, 1.82) is 0 Å². The van der Waals surface area contributed by atoms with Gasteiger partial charge in [-0.3, -0.25) is 0 Å².